The van der Waals surface area contributed by atoms with Gasteiger partial charge in [-0.2, -0.15) is 0 Å². The Morgan fingerprint density at radius 2 is 1.94 bits per heavy atom. The highest BCUT2D eigenvalue weighted by atomic mass is 35.5. The van der Waals surface area contributed by atoms with Gasteiger partial charge in [-0.05, 0) is 48.0 Å². The van der Waals surface area contributed by atoms with Gasteiger partial charge in [-0.3, -0.25) is 14.2 Å². The molecule has 31 heavy (non-hydrogen) atoms. The molecule has 2 aromatic heterocycles. The smallest absolute Gasteiger partial charge is 0.262 e. The molecular weight excluding hydrogens is 457 g/mol. The van der Waals surface area contributed by atoms with E-state index in [9.17, 15) is 9.59 Å². The summed E-state index contributed by atoms with van der Waals surface area (Å²) in [6, 6.07) is 15.8. The number of rotatable bonds is 7. The van der Waals surface area contributed by atoms with Crippen molar-refractivity contribution in [2.45, 2.75) is 18.2 Å². The van der Waals surface area contributed by atoms with Crippen LogP contribution in [0.5, 0.6) is 0 Å². The first-order valence-electron chi connectivity index (χ1n) is 9.36. The van der Waals surface area contributed by atoms with Crippen LogP contribution in [0.25, 0.3) is 10.9 Å². The van der Waals surface area contributed by atoms with E-state index in [0.717, 1.165) is 5.56 Å². The van der Waals surface area contributed by atoms with Gasteiger partial charge in [0.05, 0.1) is 29.5 Å². The van der Waals surface area contributed by atoms with Crippen molar-refractivity contribution in [3.05, 3.63) is 92.6 Å². The van der Waals surface area contributed by atoms with Crippen molar-refractivity contribution in [1.29, 1.82) is 0 Å². The minimum Gasteiger partial charge on any atom is -0.467 e. The van der Waals surface area contributed by atoms with E-state index in [1.54, 1.807) is 48.7 Å². The number of fused-ring (bicyclic) bond motifs is 1. The number of furan rings is 1. The molecule has 0 aliphatic carbocycles. The van der Waals surface area contributed by atoms with Crippen LogP contribution in [0.4, 0.5) is 0 Å². The zero-order chi connectivity index (χ0) is 21.8. The average molecular weight is 474 g/mol. The van der Waals surface area contributed by atoms with Crippen molar-refractivity contribution in [2.75, 3.05) is 5.75 Å². The van der Waals surface area contributed by atoms with E-state index in [-0.39, 0.29) is 23.8 Å². The molecule has 0 saturated heterocycles. The molecule has 6 nitrogen and oxygen atoms in total. The third-order valence-electron chi connectivity index (χ3n) is 4.49. The maximum atomic E-state index is 13.1. The number of amides is 1. The minimum absolute atomic E-state index is 0.0945. The Kier molecular flexibility index (Phi) is 6.65. The first kappa shape index (κ1) is 21.5. The Bertz CT molecular complexity index is 1290. The van der Waals surface area contributed by atoms with Crippen LogP contribution >= 0.6 is 35.0 Å². The summed E-state index contributed by atoms with van der Waals surface area (Å²) >= 11 is 13.2. The molecule has 0 unspecified atom stereocenters. The highest BCUT2D eigenvalue weighted by molar-refractivity contribution is 7.99. The summed E-state index contributed by atoms with van der Waals surface area (Å²) in [5, 5.41) is 4.81. The number of hydrogen-bond acceptors (Lipinski definition) is 5. The summed E-state index contributed by atoms with van der Waals surface area (Å²) in [6.45, 7) is 0.573. The molecule has 2 heterocycles. The quantitative estimate of drug-likeness (QED) is 0.309. The number of nitrogens with one attached hydrogen (secondary N) is 1. The van der Waals surface area contributed by atoms with Gasteiger partial charge >= 0.3 is 0 Å². The molecule has 9 heteroatoms. The van der Waals surface area contributed by atoms with Gasteiger partial charge in [0.15, 0.2) is 5.16 Å². The van der Waals surface area contributed by atoms with Crippen LogP contribution < -0.4 is 10.9 Å². The largest absolute Gasteiger partial charge is 0.467 e. The fraction of sp³-hybridized carbons (Fsp3) is 0.136. The molecule has 0 spiro atoms. The lowest BCUT2D eigenvalue weighted by molar-refractivity contribution is -0.118. The van der Waals surface area contributed by atoms with E-state index in [1.165, 1.54) is 16.3 Å². The third-order valence-corrected chi connectivity index (χ3v) is 5.93. The van der Waals surface area contributed by atoms with E-state index in [1.807, 2.05) is 12.1 Å². The number of carbonyl (C=O) groups excluding carboxylic acids is 1. The Hall–Kier alpha value is -2.74. The minimum atomic E-state index is -0.222. The van der Waals surface area contributed by atoms with Crippen molar-refractivity contribution < 1.29 is 9.21 Å². The molecule has 4 aromatic rings. The number of halogens is 2. The molecule has 158 valence electrons. The van der Waals surface area contributed by atoms with Gasteiger partial charge in [0.2, 0.25) is 5.91 Å². The molecule has 0 bridgehead atoms. The molecule has 0 radical (unpaired) electrons. The number of benzene rings is 2. The van der Waals surface area contributed by atoms with Gasteiger partial charge in [-0.15, -0.1) is 0 Å². The molecule has 0 aliphatic heterocycles. The zero-order valence-electron chi connectivity index (χ0n) is 16.2. The Morgan fingerprint density at radius 3 is 2.71 bits per heavy atom. The molecule has 0 fully saturated rings. The second-order valence-corrected chi connectivity index (χ2v) is 8.54. The van der Waals surface area contributed by atoms with Gasteiger partial charge in [-0.25, -0.2) is 4.98 Å². The van der Waals surface area contributed by atoms with Crippen LogP contribution in [0.3, 0.4) is 0 Å². The van der Waals surface area contributed by atoms with Gasteiger partial charge < -0.3 is 9.73 Å². The maximum absolute atomic E-state index is 13.1. The normalized spacial score (nSPS) is 11.0. The lowest BCUT2D eigenvalue weighted by Gasteiger charge is -2.12. The van der Waals surface area contributed by atoms with Gasteiger partial charge in [-0.1, -0.05) is 47.1 Å². The Morgan fingerprint density at radius 1 is 1.10 bits per heavy atom. The van der Waals surface area contributed by atoms with Gasteiger partial charge in [0.25, 0.3) is 5.56 Å². The molecule has 1 N–H and O–H groups in total. The predicted octanol–water partition coefficient (Wildman–Crippen LogP) is 4.75. The van der Waals surface area contributed by atoms with E-state index < -0.39 is 0 Å². The van der Waals surface area contributed by atoms with Crippen LogP contribution in [0, 0.1) is 0 Å². The second kappa shape index (κ2) is 9.60. The fourth-order valence-corrected chi connectivity index (χ4v) is 4.22. The number of nitrogens with zero attached hydrogens (tertiary/aromatic N) is 2. The SMILES string of the molecule is O=C(CSc1nc2cc(Cl)ccc2c(=O)n1Cc1ccco1)NCc1cccc(Cl)c1. The predicted molar refractivity (Wildman–Crippen MR) is 123 cm³/mol. The van der Waals surface area contributed by atoms with Gasteiger partial charge in [0, 0.05) is 16.6 Å². The molecule has 0 aliphatic rings. The van der Waals surface area contributed by atoms with Gasteiger partial charge in [0.1, 0.15) is 5.76 Å². The van der Waals surface area contributed by atoms with E-state index in [2.05, 4.69) is 10.3 Å². The highest BCUT2D eigenvalue weighted by Crippen LogP contribution is 2.21. The topological polar surface area (TPSA) is 77.1 Å². The summed E-state index contributed by atoms with van der Waals surface area (Å²) in [6.07, 6.45) is 1.55. The van der Waals surface area contributed by atoms with Crippen molar-refractivity contribution in [2.24, 2.45) is 0 Å². The first-order valence-corrected chi connectivity index (χ1v) is 11.1. The average Bonchev–Trinajstić information content (AvgIpc) is 3.26. The van der Waals surface area contributed by atoms with Crippen LogP contribution in [0.2, 0.25) is 10.0 Å². The number of carbonyl (C=O) groups is 1. The monoisotopic (exact) mass is 473 g/mol. The molecule has 0 saturated carbocycles. The fourth-order valence-electron chi connectivity index (χ4n) is 3.01. The van der Waals surface area contributed by atoms with E-state index in [4.69, 9.17) is 27.6 Å². The highest BCUT2D eigenvalue weighted by Gasteiger charge is 2.15. The third kappa shape index (κ3) is 5.31. The zero-order valence-corrected chi connectivity index (χ0v) is 18.5. The first-order chi connectivity index (χ1) is 15.0. The van der Waals surface area contributed by atoms with E-state index in [0.29, 0.717) is 38.4 Å². The van der Waals surface area contributed by atoms with Crippen LogP contribution in [0.15, 0.2) is 75.2 Å². The van der Waals surface area contributed by atoms with Crippen molar-refractivity contribution in [3.63, 3.8) is 0 Å². The summed E-state index contributed by atoms with van der Waals surface area (Å²) in [5.41, 5.74) is 1.16. The summed E-state index contributed by atoms with van der Waals surface area (Å²) in [5.74, 6) is 0.525. The molecule has 4 rings (SSSR count). The van der Waals surface area contributed by atoms with Crippen LogP contribution in [0.1, 0.15) is 11.3 Å². The Labute approximate surface area is 192 Å². The summed E-state index contributed by atoms with van der Waals surface area (Å²) in [4.78, 5) is 30.1. The molecule has 1 amide bonds. The molecule has 0 atom stereocenters. The molecular formula is C22H17Cl2N3O3S. The number of hydrogen-bond donors (Lipinski definition) is 1. The van der Waals surface area contributed by atoms with Crippen molar-refractivity contribution in [3.8, 4) is 0 Å². The van der Waals surface area contributed by atoms with Crippen molar-refractivity contribution in [1.82, 2.24) is 14.9 Å². The summed E-state index contributed by atoms with van der Waals surface area (Å²) in [7, 11) is 0. The maximum Gasteiger partial charge on any atom is 0.262 e. The van der Waals surface area contributed by atoms with Crippen molar-refractivity contribution >= 4 is 51.8 Å². The lowest BCUT2D eigenvalue weighted by Crippen LogP contribution is -2.27. The van der Waals surface area contributed by atoms with E-state index >= 15 is 0 Å². The Balaban J connectivity index is 1.55. The number of aromatic nitrogens is 2. The number of thioether (sulfide) groups is 1. The second-order valence-electron chi connectivity index (χ2n) is 6.72. The molecule has 2 aromatic carbocycles. The van der Waals surface area contributed by atoms with Crippen LogP contribution in [-0.4, -0.2) is 21.2 Å². The van der Waals surface area contributed by atoms with Crippen LogP contribution in [-0.2, 0) is 17.9 Å². The lowest BCUT2D eigenvalue weighted by atomic mass is 10.2. The standard InChI is InChI=1S/C22H17Cl2N3O3S/c23-15-4-1-3-14(9-15)11-25-20(28)13-31-22-26-19-10-16(24)6-7-18(19)21(29)27(22)12-17-5-2-8-30-17/h1-10H,11-13H2,(H,25,28). The summed E-state index contributed by atoms with van der Waals surface area (Å²) < 4.78 is 6.90.